The van der Waals surface area contributed by atoms with Crippen LogP contribution in [0.4, 0.5) is 0 Å². The minimum atomic E-state index is -0.852. The molecule has 1 saturated heterocycles. The first kappa shape index (κ1) is 12.5. The Morgan fingerprint density at radius 1 is 1.65 bits per heavy atom. The number of likely N-dealkylation sites (N-methyl/N-ethyl adjacent to an activating group) is 1. The molecular formula is C12H18N2O2S. The van der Waals surface area contributed by atoms with E-state index in [1.807, 2.05) is 0 Å². The van der Waals surface area contributed by atoms with Gasteiger partial charge in [-0.1, -0.05) is 6.92 Å². The summed E-state index contributed by atoms with van der Waals surface area (Å²) in [5.41, 5.74) is 0.658. The van der Waals surface area contributed by atoms with E-state index in [1.165, 1.54) is 17.8 Å². The summed E-state index contributed by atoms with van der Waals surface area (Å²) in [7, 11) is 0. The summed E-state index contributed by atoms with van der Waals surface area (Å²) in [6, 6.07) is 0. The summed E-state index contributed by atoms with van der Waals surface area (Å²) >= 11 is 1.35. The van der Waals surface area contributed by atoms with E-state index in [9.17, 15) is 4.79 Å². The fourth-order valence-electron chi connectivity index (χ4n) is 2.33. The van der Waals surface area contributed by atoms with E-state index in [0.717, 1.165) is 31.1 Å². The molecule has 1 aliphatic heterocycles. The molecule has 1 atom stereocenters. The smallest absolute Gasteiger partial charge is 0.347 e. The highest BCUT2D eigenvalue weighted by molar-refractivity contribution is 7.13. The summed E-state index contributed by atoms with van der Waals surface area (Å²) in [6.45, 7) is 7.18. The minimum absolute atomic E-state index is 0.397. The monoisotopic (exact) mass is 254 g/mol. The van der Waals surface area contributed by atoms with Gasteiger partial charge in [-0.2, -0.15) is 0 Å². The first-order valence-corrected chi connectivity index (χ1v) is 6.86. The Kier molecular flexibility index (Phi) is 3.79. The molecule has 5 heteroatoms. The molecule has 1 N–H and O–H groups in total. The first-order chi connectivity index (χ1) is 8.11. The van der Waals surface area contributed by atoms with Gasteiger partial charge in [-0.25, -0.2) is 9.78 Å². The van der Waals surface area contributed by atoms with Crippen LogP contribution < -0.4 is 0 Å². The highest BCUT2D eigenvalue weighted by Crippen LogP contribution is 2.31. The molecule has 94 valence electrons. The minimum Gasteiger partial charge on any atom is -0.477 e. The number of likely N-dealkylation sites (tertiary alicyclic amines) is 1. The van der Waals surface area contributed by atoms with Crippen molar-refractivity contribution >= 4 is 17.3 Å². The van der Waals surface area contributed by atoms with Crippen molar-refractivity contribution in [1.29, 1.82) is 0 Å². The van der Waals surface area contributed by atoms with Crippen LogP contribution >= 0.6 is 11.3 Å². The van der Waals surface area contributed by atoms with Crippen LogP contribution in [-0.4, -0.2) is 40.6 Å². The van der Waals surface area contributed by atoms with Crippen LogP contribution in [0.5, 0.6) is 0 Å². The Hall–Kier alpha value is -0.940. The fraction of sp³-hybridized carbons (Fsp3) is 0.667. The van der Waals surface area contributed by atoms with E-state index in [1.54, 1.807) is 6.92 Å². The number of carbonyl (C=O) groups is 1. The van der Waals surface area contributed by atoms with Crippen molar-refractivity contribution < 1.29 is 9.90 Å². The van der Waals surface area contributed by atoms with E-state index < -0.39 is 5.97 Å². The van der Waals surface area contributed by atoms with Gasteiger partial charge >= 0.3 is 5.97 Å². The molecule has 0 amide bonds. The summed E-state index contributed by atoms with van der Waals surface area (Å²) in [5.74, 6) is -0.435. The van der Waals surface area contributed by atoms with Crippen LogP contribution in [0.15, 0.2) is 0 Å². The lowest BCUT2D eigenvalue weighted by atomic mass is 9.99. The molecular weight excluding hydrogens is 236 g/mol. The van der Waals surface area contributed by atoms with E-state index >= 15 is 0 Å². The Morgan fingerprint density at radius 2 is 2.41 bits per heavy atom. The van der Waals surface area contributed by atoms with Gasteiger partial charge in [0.15, 0.2) is 0 Å². The molecule has 0 aliphatic carbocycles. The van der Waals surface area contributed by atoms with Gasteiger partial charge in [-0.3, -0.25) is 0 Å². The quantitative estimate of drug-likeness (QED) is 0.899. The van der Waals surface area contributed by atoms with E-state index in [4.69, 9.17) is 5.11 Å². The third-order valence-electron chi connectivity index (χ3n) is 3.31. The van der Waals surface area contributed by atoms with Gasteiger partial charge in [0, 0.05) is 12.5 Å². The standard InChI is InChI=1S/C12H18N2O2S/c1-3-14-6-4-5-9(7-14)11-13-8(2)10(17-11)12(15)16/h9H,3-7H2,1-2H3,(H,15,16)/t9-/m0/s1. The average Bonchev–Trinajstić information content (AvgIpc) is 2.71. The van der Waals surface area contributed by atoms with E-state index in [0.29, 0.717) is 16.5 Å². The maximum atomic E-state index is 11.0. The number of carboxylic acids is 1. The largest absolute Gasteiger partial charge is 0.477 e. The normalized spacial score (nSPS) is 21.6. The molecule has 0 spiro atoms. The lowest BCUT2D eigenvalue weighted by molar-refractivity contribution is 0.0701. The van der Waals surface area contributed by atoms with E-state index in [-0.39, 0.29) is 0 Å². The van der Waals surface area contributed by atoms with Crippen molar-refractivity contribution in [3.63, 3.8) is 0 Å². The third-order valence-corrected chi connectivity index (χ3v) is 4.62. The SMILES string of the molecule is CCN1CCC[C@H](c2nc(C)c(C(=O)O)s2)C1. The lowest BCUT2D eigenvalue weighted by Gasteiger charge is -2.30. The molecule has 1 aromatic rings. The first-order valence-electron chi connectivity index (χ1n) is 6.04. The fourth-order valence-corrected chi connectivity index (χ4v) is 3.37. The van der Waals surface area contributed by atoms with Crippen LogP contribution in [0.1, 0.15) is 46.1 Å². The topological polar surface area (TPSA) is 53.4 Å². The number of nitrogens with zero attached hydrogens (tertiary/aromatic N) is 2. The van der Waals surface area contributed by atoms with Gasteiger partial charge in [0.1, 0.15) is 4.88 Å². The molecule has 0 saturated carbocycles. The number of thiazole rings is 1. The second-order valence-corrected chi connectivity index (χ2v) is 5.53. The zero-order valence-electron chi connectivity index (χ0n) is 10.3. The van der Waals surface area contributed by atoms with Crippen LogP contribution in [0.2, 0.25) is 0 Å². The van der Waals surface area contributed by atoms with Crippen LogP contribution in [0, 0.1) is 6.92 Å². The molecule has 1 aliphatic rings. The molecule has 0 radical (unpaired) electrons. The summed E-state index contributed by atoms with van der Waals surface area (Å²) in [4.78, 5) is 18.2. The number of aryl methyl sites for hydroxylation is 1. The van der Waals surface area contributed by atoms with Crippen molar-refractivity contribution in [3.05, 3.63) is 15.6 Å². The number of piperidine rings is 1. The Labute approximate surface area is 105 Å². The highest BCUT2D eigenvalue weighted by Gasteiger charge is 2.25. The number of carboxylic acid groups (broad SMARTS) is 1. The van der Waals surface area contributed by atoms with Gasteiger partial charge in [0.25, 0.3) is 0 Å². The van der Waals surface area contributed by atoms with Gasteiger partial charge in [-0.15, -0.1) is 11.3 Å². The molecule has 0 bridgehead atoms. The zero-order valence-corrected chi connectivity index (χ0v) is 11.1. The molecule has 0 unspecified atom stereocenters. The molecule has 1 aromatic heterocycles. The third kappa shape index (κ3) is 2.66. The summed E-state index contributed by atoms with van der Waals surface area (Å²) in [5, 5.41) is 10.0. The molecule has 2 heterocycles. The number of hydrogen-bond donors (Lipinski definition) is 1. The molecule has 17 heavy (non-hydrogen) atoms. The number of hydrogen-bond acceptors (Lipinski definition) is 4. The lowest BCUT2D eigenvalue weighted by Crippen LogP contribution is -2.34. The summed E-state index contributed by atoms with van der Waals surface area (Å²) in [6.07, 6.45) is 2.31. The van der Waals surface area contributed by atoms with Gasteiger partial charge in [0.05, 0.1) is 10.7 Å². The van der Waals surface area contributed by atoms with Crippen molar-refractivity contribution in [3.8, 4) is 0 Å². The highest BCUT2D eigenvalue weighted by atomic mass is 32.1. The van der Waals surface area contributed by atoms with E-state index in [2.05, 4.69) is 16.8 Å². The zero-order chi connectivity index (χ0) is 12.4. The predicted octanol–water partition coefficient (Wildman–Crippen LogP) is 2.35. The molecule has 2 rings (SSSR count). The van der Waals surface area contributed by atoms with Gasteiger partial charge < -0.3 is 10.0 Å². The molecule has 1 fully saturated rings. The number of aromatic carboxylic acids is 1. The maximum absolute atomic E-state index is 11.0. The number of rotatable bonds is 3. The van der Waals surface area contributed by atoms with Crippen LogP contribution in [0.3, 0.4) is 0 Å². The van der Waals surface area contributed by atoms with Gasteiger partial charge in [0.2, 0.25) is 0 Å². The van der Waals surface area contributed by atoms with Crippen molar-refractivity contribution in [1.82, 2.24) is 9.88 Å². The van der Waals surface area contributed by atoms with Crippen LogP contribution in [-0.2, 0) is 0 Å². The summed E-state index contributed by atoms with van der Waals surface area (Å²) < 4.78 is 0. The molecule has 0 aromatic carbocycles. The van der Waals surface area contributed by atoms with Gasteiger partial charge in [-0.05, 0) is 32.9 Å². The van der Waals surface area contributed by atoms with Crippen molar-refractivity contribution in [2.75, 3.05) is 19.6 Å². The van der Waals surface area contributed by atoms with Crippen molar-refractivity contribution in [2.45, 2.75) is 32.6 Å². The predicted molar refractivity (Wildman–Crippen MR) is 67.9 cm³/mol. The second kappa shape index (κ2) is 5.14. The Balaban J connectivity index is 2.16. The Bertz CT molecular complexity index is 417. The molecule has 4 nitrogen and oxygen atoms in total. The van der Waals surface area contributed by atoms with Crippen LogP contribution in [0.25, 0.3) is 0 Å². The Morgan fingerprint density at radius 3 is 3.00 bits per heavy atom. The van der Waals surface area contributed by atoms with Crippen molar-refractivity contribution in [2.24, 2.45) is 0 Å². The number of aromatic nitrogens is 1. The average molecular weight is 254 g/mol. The maximum Gasteiger partial charge on any atom is 0.347 e. The second-order valence-electron chi connectivity index (χ2n) is 4.50.